The molecule has 0 aliphatic heterocycles. The maximum atomic E-state index is 11.4. The van der Waals surface area contributed by atoms with Crippen molar-refractivity contribution in [2.75, 3.05) is 12.3 Å². The monoisotopic (exact) mass is 367 g/mol. The first-order valence-electron chi connectivity index (χ1n) is 9.41. The van der Waals surface area contributed by atoms with Gasteiger partial charge in [0.05, 0.1) is 31.7 Å². The average molecular weight is 367 g/mol. The number of benzene rings is 1. The van der Waals surface area contributed by atoms with E-state index in [4.69, 9.17) is 10.5 Å². The SMILES string of the molecule is Nc1ncnc2c1ncn2C[C@]1(O)CCCC[C@@H]1COCc1ccccc1. The minimum atomic E-state index is -0.845. The van der Waals surface area contributed by atoms with Crippen molar-refractivity contribution in [1.82, 2.24) is 19.5 Å². The second-order valence-corrected chi connectivity index (χ2v) is 7.35. The molecule has 1 saturated carbocycles. The highest BCUT2D eigenvalue weighted by Gasteiger charge is 2.39. The van der Waals surface area contributed by atoms with E-state index in [9.17, 15) is 5.11 Å². The van der Waals surface area contributed by atoms with Crippen LogP contribution in [0.2, 0.25) is 0 Å². The Morgan fingerprint density at radius 3 is 2.89 bits per heavy atom. The van der Waals surface area contributed by atoms with Gasteiger partial charge in [-0.05, 0) is 18.4 Å². The number of hydrogen-bond acceptors (Lipinski definition) is 6. The molecule has 0 spiro atoms. The third-order valence-electron chi connectivity index (χ3n) is 5.48. The molecule has 27 heavy (non-hydrogen) atoms. The molecule has 2 heterocycles. The number of imidazole rings is 1. The summed E-state index contributed by atoms with van der Waals surface area (Å²) in [6, 6.07) is 10.1. The standard InChI is InChI=1S/C20H25N5O2/c21-18-17-19(23-13-22-18)25(14-24-17)12-20(26)9-5-4-8-16(20)11-27-10-15-6-2-1-3-7-15/h1-3,6-7,13-14,16,26H,4-5,8-12H2,(H2,21,22,23)/t16-,20-/m1/s1. The van der Waals surface area contributed by atoms with Crippen molar-refractivity contribution in [2.24, 2.45) is 5.92 Å². The molecule has 1 aromatic carbocycles. The average Bonchev–Trinajstić information content (AvgIpc) is 3.08. The number of anilines is 1. The van der Waals surface area contributed by atoms with Gasteiger partial charge >= 0.3 is 0 Å². The van der Waals surface area contributed by atoms with Crippen LogP contribution in [-0.4, -0.2) is 36.8 Å². The van der Waals surface area contributed by atoms with E-state index in [0.29, 0.717) is 36.7 Å². The van der Waals surface area contributed by atoms with Gasteiger partial charge in [-0.25, -0.2) is 15.0 Å². The normalized spacial score (nSPS) is 22.9. The molecule has 3 N–H and O–H groups in total. The number of aromatic nitrogens is 4. The summed E-state index contributed by atoms with van der Waals surface area (Å²) < 4.78 is 7.83. The van der Waals surface area contributed by atoms with E-state index in [-0.39, 0.29) is 5.92 Å². The second kappa shape index (κ2) is 7.62. The molecule has 0 unspecified atom stereocenters. The molecule has 7 nitrogen and oxygen atoms in total. The van der Waals surface area contributed by atoms with Gasteiger partial charge in [0.1, 0.15) is 11.8 Å². The number of aliphatic hydroxyl groups is 1. The van der Waals surface area contributed by atoms with Gasteiger partial charge in [0.25, 0.3) is 0 Å². The summed E-state index contributed by atoms with van der Waals surface area (Å²) in [4.78, 5) is 12.6. The lowest BCUT2D eigenvalue weighted by molar-refractivity contribution is -0.0917. The van der Waals surface area contributed by atoms with Crippen molar-refractivity contribution in [1.29, 1.82) is 0 Å². The Hall–Kier alpha value is -2.51. The maximum absolute atomic E-state index is 11.4. The summed E-state index contributed by atoms with van der Waals surface area (Å²) in [6.45, 7) is 1.53. The fraction of sp³-hybridized carbons (Fsp3) is 0.450. The highest BCUT2D eigenvalue weighted by atomic mass is 16.5. The van der Waals surface area contributed by atoms with E-state index in [0.717, 1.165) is 31.2 Å². The first-order chi connectivity index (χ1) is 13.2. The molecular formula is C20H25N5O2. The quantitative estimate of drug-likeness (QED) is 0.695. The minimum absolute atomic E-state index is 0.0756. The van der Waals surface area contributed by atoms with E-state index in [1.807, 2.05) is 22.8 Å². The molecule has 1 aliphatic carbocycles. The van der Waals surface area contributed by atoms with Crippen molar-refractivity contribution < 1.29 is 9.84 Å². The highest BCUT2D eigenvalue weighted by molar-refractivity contribution is 5.81. The smallest absolute Gasteiger partial charge is 0.165 e. The lowest BCUT2D eigenvalue weighted by Crippen LogP contribution is -2.46. The van der Waals surface area contributed by atoms with Crippen LogP contribution in [0.25, 0.3) is 11.2 Å². The summed E-state index contributed by atoms with van der Waals surface area (Å²) >= 11 is 0. The van der Waals surface area contributed by atoms with Crippen LogP contribution < -0.4 is 5.73 Å². The zero-order chi connectivity index (χ0) is 18.7. The van der Waals surface area contributed by atoms with Gasteiger partial charge < -0.3 is 20.1 Å². The highest BCUT2D eigenvalue weighted by Crippen LogP contribution is 2.36. The van der Waals surface area contributed by atoms with Crippen LogP contribution in [0.15, 0.2) is 43.0 Å². The van der Waals surface area contributed by atoms with Crippen molar-refractivity contribution in [3.63, 3.8) is 0 Å². The number of rotatable bonds is 6. The van der Waals surface area contributed by atoms with Crippen molar-refractivity contribution in [2.45, 2.75) is 44.4 Å². The van der Waals surface area contributed by atoms with Gasteiger partial charge in [-0.2, -0.15) is 0 Å². The molecular weight excluding hydrogens is 342 g/mol. The van der Waals surface area contributed by atoms with Crippen LogP contribution in [0.3, 0.4) is 0 Å². The zero-order valence-corrected chi connectivity index (χ0v) is 15.3. The van der Waals surface area contributed by atoms with Gasteiger partial charge in [-0.3, -0.25) is 0 Å². The van der Waals surface area contributed by atoms with Crippen LogP contribution in [0, 0.1) is 5.92 Å². The van der Waals surface area contributed by atoms with Gasteiger partial charge in [-0.1, -0.05) is 43.2 Å². The minimum Gasteiger partial charge on any atom is -0.388 e. The summed E-state index contributed by atoms with van der Waals surface area (Å²) in [5.41, 5.74) is 7.41. The molecule has 2 atom stereocenters. The summed E-state index contributed by atoms with van der Waals surface area (Å²) in [5, 5.41) is 11.4. The fourth-order valence-corrected chi connectivity index (χ4v) is 3.94. The molecule has 4 rings (SSSR count). The van der Waals surface area contributed by atoms with Gasteiger partial charge in [-0.15, -0.1) is 0 Å². The predicted octanol–water partition coefficient (Wildman–Crippen LogP) is 2.55. The molecule has 142 valence electrons. The number of ether oxygens (including phenoxy) is 1. The maximum Gasteiger partial charge on any atom is 0.165 e. The molecule has 0 bridgehead atoms. The Labute approximate surface area is 158 Å². The first-order valence-corrected chi connectivity index (χ1v) is 9.41. The summed E-state index contributed by atoms with van der Waals surface area (Å²) in [6.07, 6.45) is 6.93. The summed E-state index contributed by atoms with van der Waals surface area (Å²) in [5.74, 6) is 0.434. The zero-order valence-electron chi connectivity index (χ0n) is 15.3. The van der Waals surface area contributed by atoms with Gasteiger partial charge in [0, 0.05) is 5.92 Å². The van der Waals surface area contributed by atoms with Crippen LogP contribution >= 0.6 is 0 Å². The third kappa shape index (κ3) is 3.79. The van der Waals surface area contributed by atoms with E-state index in [2.05, 4.69) is 27.1 Å². The second-order valence-electron chi connectivity index (χ2n) is 7.35. The molecule has 0 amide bonds. The lowest BCUT2D eigenvalue weighted by atomic mass is 9.75. The van der Waals surface area contributed by atoms with E-state index < -0.39 is 5.60 Å². The number of nitrogens with zero attached hydrogens (tertiary/aromatic N) is 4. The van der Waals surface area contributed by atoms with E-state index in [1.165, 1.54) is 6.33 Å². The number of nitrogens with two attached hydrogens (primary N) is 1. The molecule has 0 radical (unpaired) electrons. The fourth-order valence-electron chi connectivity index (χ4n) is 3.94. The Morgan fingerprint density at radius 2 is 2.04 bits per heavy atom. The van der Waals surface area contributed by atoms with Crippen LogP contribution in [-0.2, 0) is 17.9 Å². The molecule has 1 aliphatic rings. The molecule has 2 aromatic heterocycles. The van der Waals surface area contributed by atoms with Crippen molar-refractivity contribution in [3.8, 4) is 0 Å². The Morgan fingerprint density at radius 1 is 1.19 bits per heavy atom. The molecule has 3 aromatic rings. The van der Waals surface area contributed by atoms with Crippen molar-refractivity contribution in [3.05, 3.63) is 48.5 Å². The topological polar surface area (TPSA) is 99.1 Å². The van der Waals surface area contributed by atoms with Crippen LogP contribution in [0.5, 0.6) is 0 Å². The summed E-state index contributed by atoms with van der Waals surface area (Å²) in [7, 11) is 0. The van der Waals surface area contributed by atoms with E-state index in [1.54, 1.807) is 6.33 Å². The number of nitrogen functional groups attached to an aromatic ring is 1. The first kappa shape index (κ1) is 17.9. The Bertz CT molecular complexity index is 898. The van der Waals surface area contributed by atoms with Gasteiger partial charge in [0.2, 0.25) is 0 Å². The Balaban J connectivity index is 1.47. The lowest BCUT2D eigenvalue weighted by Gasteiger charge is -2.40. The molecule has 1 fully saturated rings. The number of fused-ring (bicyclic) bond motifs is 1. The molecule has 0 saturated heterocycles. The van der Waals surface area contributed by atoms with Crippen LogP contribution in [0.1, 0.15) is 31.2 Å². The largest absolute Gasteiger partial charge is 0.388 e. The van der Waals surface area contributed by atoms with Crippen LogP contribution in [0.4, 0.5) is 5.82 Å². The number of hydrogen-bond donors (Lipinski definition) is 2. The van der Waals surface area contributed by atoms with Crippen molar-refractivity contribution >= 4 is 17.0 Å². The van der Waals surface area contributed by atoms with E-state index >= 15 is 0 Å². The molecule has 7 heteroatoms. The predicted molar refractivity (Wildman–Crippen MR) is 103 cm³/mol. The van der Waals surface area contributed by atoms with Gasteiger partial charge in [0.15, 0.2) is 11.5 Å². The Kier molecular flexibility index (Phi) is 5.05. The third-order valence-corrected chi connectivity index (χ3v) is 5.48.